The molecule has 0 heterocycles. The molecule has 1 aromatic rings. The van der Waals surface area contributed by atoms with E-state index in [0.29, 0.717) is 12.2 Å². The monoisotopic (exact) mass is 255 g/mol. The van der Waals surface area contributed by atoms with Crippen LogP contribution in [0.5, 0.6) is 0 Å². The zero-order chi connectivity index (χ0) is 12.5. The van der Waals surface area contributed by atoms with Crippen molar-refractivity contribution in [2.75, 3.05) is 12.8 Å². The van der Waals surface area contributed by atoms with Crippen molar-refractivity contribution in [2.45, 2.75) is 25.4 Å². The molecule has 5 nitrogen and oxygen atoms in total. The van der Waals surface area contributed by atoms with Gasteiger partial charge >= 0.3 is 0 Å². The smallest absolute Gasteiger partial charge is 0.279 e. The summed E-state index contributed by atoms with van der Waals surface area (Å²) >= 11 is 0. The molecule has 0 amide bonds. The number of hydrogen-bond donors (Lipinski definition) is 2. The Morgan fingerprint density at radius 1 is 1.47 bits per heavy atom. The molecule has 0 atom stereocenters. The van der Waals surface area contributed by atoms with Crippen LogP contribution in [0, 0.1) is 0 Å². The van der Waals surface area contributed by atoms with Crippen LogP contribution >= 0.6 is 0 Å². The minimum atomic E-state index is -3.37. The van der Waals surface area contributed by atoms with Crippen LogP contribution in [0.1, 0.15) is 18.4 Å². The molecule has 1 fully saturated rings. The maximum Gasteiger partial charge on any atom is 0.279 e. The number of rotatable bonds is 5. The molecule has 3 N–H and O–H groups in total. The first-order chi connectivity index (χ1) is 7.97. The van der Waals surface area contributed by atoms with E-state index in [4.69, 9.17) is 5.73 Å². The van der Waals surface area contributed by atoms with Gasteiger partial charge in [0.1, 0.15) is 0 Å². The summed E-state index contributed by atoms with van der Waals surface area (Å²) in [7, 11) is -1.80. The maximum absolute atomic E-state index is 11.9. The van der Waals surface area contributed by atoms with E-state index in [1.165, 1.54) is 4.31 Å². The first-order valence-electron chi connectivity index (χ1n) is 5.55. The van der Waals surface area contributed by atoms with Gasteiger partial charge in [0, 0.05) is 25.3 Å². The second-order valence-electron chi connectivity index (χ2n) is 4.40. The quantitative estimate of drug-likeness (QED) is 0.760. The molecule has 0 radical (unpaired) electrons. The predicted octanol–water partition coefficient (Wildman–Crippen LogP) is 0.697. The van der Waals surface area contributed by atoms with Crippen LogP contribution in [-0.4, -0.2) is 25.8 Å². The Morgan fingerprint density at radius 3 is 2.76 bits per heavy atom. The molecule has 1 aliphatic rings. The number of nitrogens with one attached hydrogen (secondary N) is 1. The highest BCUT2D eigenvalue weighted by Gasteiger charge is 2.29. The van der Waals surface area contributed by atoms with Crippen molar-refractivity contribution in [3.8, 4) is 0 Å². The Bertz CT molecular complexity index is 497. The number of benzene rings is 1. The normalized spacial score (nSPS) is 16.4. The highest BCUT2D eigenvalue weighted by molar-refractivity contribution is 7.87. The average molecular weight is 255 g/mol. The van der Waals surface area contributed by atoms with Crippen LogP contribution in [0.15, 0.2) is 24.3 Å². The van der Waals surface area contributed by atoms with E-state index in [1.54, 1.807) is 19.2 Å². The molecule has 0 saturated heterocycles. The van der Waals surface area contributed by atoms with E-state index in [0.717, 1.165) is 18.4 Å². The molecule has 1 aliphatic carbocycles. The summed E-state index contributed by atoms with van der Waals surface area (Å²) < 4.78 is 27.6. The molecule has 0 unspecified atom stereocenters. The van der Waals surface area contributed by atoms with E-state index in [9.17, 15) is 8.42 Å². The standard InChI is InChI=1S/C11H17N3O2S/c1-14(17(15,16)13-11-5-6-11)8-9-3-2-4-10(12)7-9/h2-4,7,11,13H,5-6,8,12H2,1H3. The molecule has 2 rings (SSSR count). The largest absolute Gasteiger partial charge is 0.399 e. The Morgan fingerprint density at radius 2 is 2.18 bits per heavy atom. The van der Waals surface area contributed by atoms with E-state index >= 15 is 0 Å². The summed E-state index contributed by atoms with van der Waals surface area (Å²) in [5.41, 5.74) is 7.18. The van der Waals surface area contributed by atoms with E-state index in [-0.39, 0.29) is 6.04 Å². The van der Waals surface area contributed by atoms with Crippen LogP contribution < -0.4 is 10.5 Å². The summed E-state index contributed by atoms with van der Waals surface area (Å²) in [6.45, 7) is 0.326. The predicted molar refractivity (Wildman–Crippen MR) is 67.4 cm³/mol. The van der Waals surface area contributed by atoms with Gasteiger partial charge in [-0.2, -0.15) is 17.4 Å². The third kappa shape index (κ3) is 3.42. The van der Waals surface area contributed by atoms with Gasteiger partial charge in [0.25, 0.3) is 10.2 Å². The van der Waals surface area contributed by atoms with Crippen molar-refractivity contribution < 1.29 is 8.42 Å². The third-order valence-electron chi connectivity index (χ3n) is 2.66. The molecule has 94 valence electrons. The van der Waals surface area contributed by atoms with Crippen molar-refractivity contribution in [3.05, 3.63) is 29.8 Å². The van der Waals surface area contributed by atoms with Gasteiger partial charge in [-0.25, -0.2) is 0 Å². The average Bonchev–Trinajstić information content (AvgIpc) is 3.00. The van der Waals surface area contributed by atoms with Gasteiger partial charge in [0.05, 0.1) is 0 Å². The number of nitrogens with two attached hydrogens (primary N) is 1. The van der Waals surface area contributed by atoms with Gasteiger partial charge in [0.2, 0.25) is 0 Å². The lowest BCUT2D eigenvalue weighted by atomic mass is 10.2. The molecule has 0 aliphatic heterocycles. The SMILES string of the molecule is CN(Cc1cccc(N)c1)S(=O)(=O)NC1CC1. The molecular formula is C11H17N3O2S. The lowest BCUT2D eigenvalue weighted by Gasteiger charge is -2.17. The van der Waals surface area contributed by atoms with Gasteiger partial charge < -0.3 is 5.73 Å². The zero-order valence-corrected chi connectivity index (χ0v) is 10.6. The van der Waals surface area contributed by atoms with Crippen molar-refractivity contribution in [2.24, 2.45) is 0 Å². The highest BCUT2D eigenvalue weighted by atomic mass is 32.2. The van der Waals surface area contributed by atoms with Crippen LogP contribution in [0.3, 0.4) is 0 Å². The van der Waals surface area contributed by atoms with Crippen LogP contribution in [0.4, 0.5) is 5.69 Å². The topological polar surface area (TPSA) is 75.4 Å². The fourth-order valence-electron chi connectivity index (χ4n) is 1.54. The molecule has 1 aromatic carbocycles. The number of hydrogen-bond acceptors (Lipinski definition) is 3. The van der Waals surface area contributed by atoms with E-state index < -0.39 is 10.2 Å². The zero-order valence-electron chi connectivity index (χ0n) is 9.76. The maximum atomic E-state index is 11.9. The first kappa shape index (κ1) is 12.3. The van der Waals surface area contributed by atoms with Gasteiger partial charge in [-0.3, -0.25) is 0 Å². The highest BCUT2D eigenvalue weighted by Crippen LogP contribution is 2.20. The number of anilines is 1. The second kappa shape index (κ2) is 4.64. The molecule has 1 saturated carbocycles. The molecule has 17 heavy (non-hydrogen) atoms. The fourth-order valence-corrected chi connectivity index (χ4v) is 2.69. The molecule has 6 heteroatoms. The van der Waals surface area contributed by atoms with Gasteiger partial charge in [-0.05, 0) is 30.5 Å². The second-order valence-corrected chi connectivity index (χ2v) is 6.21. The summed E-state index contributed by atoms with van der Waals surface area (Å²) in [6, 6.07) is 7.37. The number of nitrogen functional groups attached to an aromatic ring is 1. The third-order valence-corrected chi connectivity index (χ3v) is 4.24. The summed E-state index contributed by atoms with van der Waals surface area (Å²) in [6.07, 6.45) is 1.87. The lowest BCUT2D eigenvalue weighted by molar-refractivity contribution is 0.454. The minimum Gasteiger partial charge on any atom is -0.399 e. The van der Waals surface area contributed by atoms with Gasteiger partial charge in [-0.15, -0.1) is 0 Å². The van der Waals surface area contributed by atoms with E-state index in [1.807, 2.05) is 12.1 Å². The van der Waals surface area contributed by atoms with Crippen molar-refractivity contribution in [3.63, 3.8) is 0 Å². The van der Waals surface area contributed by atoms with Crippen molar-refractivity contribution >= 4 is 15.9 Å². The lowest BCUT2D eigenvalue weighted by Crippen LogP contribution is -2.38. The first-order valence-corrected chi connectivity index (χ1v) is 6.99. The Hall–Kier alpha value is -1.11. The summed E-state index contributed by atoms with van der Waals surface area (Å²) in [5, 5.41) is 0. The van der Waals surface area contributed by atoms with Crippen LogP contribution in [0.2, 0.25) is 0 Å². The molecule has 0 spiro atoms. The fraction of sp³-hybridized carbons (Fsp3) is 0.455. The summed E-state index contributed by atoms with van der Waals surface area (Å²) in [5.74, 6) is 0. The van der Waals surface area contributed by atoms with Crippen LogP contribution in [-0.2, 0) is 16.8 Å². The Balaban J connectivity index is 2.02. The van der Waals surface area contributed by atoms with E-state index in [2.05, 4.69) is 4.72 Å². The van der Waals surface area contributed by atoms with Gasteiger partial charge in [0.15, 0.2) is 0 Å². The van der Waals surface area contributed by atoms with Gasteiger partial charge in [-0.1, -0.05) is 12.1 Å². The van der Waals surface area contributed by atoms with Crippen molar-refractivity contribution in [1.82, 2.24) is 9.03 Å². The Kier molecular flexibility index (Phi) is 3.37. The number of nitrogens with zero attached hydrogens (tertiary/aromatic N) is 1. The Labute approximate surface area is 102 Å². The molecular weight excluding hydrogens is 238 g/mol. The molecule has 0 bridgehead atoms. The van der Waals surface area contributed by atoms with Crippen molar-refractivity contribution in [1.29, 1.82) is 0 Å². The summed E-state index contributed by atoms with van der Waals surface area (Å²) in [4.78, 5) is 0. The molecule has 0 aromatic heterocycles. The minimum absolute atomic E-state index is 0.128. The van der Waals surface area contributed by atoms with Crippen LogP contribution in [0.25, 0.3) is 0 Å².